The number of rotatable bonds is 1. The first kappa shape index (κ1) is 12.6. The minimum atomic E-state index is -4.60. The van der Waals surface area contributed by atoms with Crippen molar-refractivity contribution in [2.45, 2.75) is 12.6 Å². The van der Waals surface area contributed by atoms with E-state index in [1.807, 2.05) is 0 Å². The lowest BCUT2D eigenvalue weighted by atomic mass is 10.1. The van der Waals surface area contributed by atoms with E-state index in [1.165, 1.54) is 12.1 Å². The fourth-order valence-electron chi connectivity index (χ4n) is 2.08. The number of hydrogen-bond donors (Lipinski definition) is 2. The van der Waals surface area contributed by atoms with Crippen molar-refractivity contribution in [1.82, 2.24) is 20.3 Å². The van der Waals surface area contributed by atoms with Crippen LogP contribution in [0.1, 0.15) is 21.9 Å². The van der Waals surface area contributed by atoms with Crippen molar-refractivity contribution < 1.29 is 18.0 Å². The van der Waals surface area contributed by atoms with E-state index in [2.05, 4.69) is 20.3 Å². The molecule has 0 unspecified atom stereocenters. The van der Waals surface area contributed by atoms with E-state index < -0.39 is 12.0 Å². The number of H-pyrrole nitrogens is 1. The van der Waals surface area contributed by atoms with Gasteiger partial charge in [0.25, 0.3) is 5.91 Å². The van der Waals surface area contributed by atoms with Crippen LogP contribution >= 0.6 is 0 Å². The van der Waals surface area contributed by atoms with Crippen LogP contribution < -0.4 is 5.32 Å². The molecule has 2 aromatic heterocycles. The largest absolute Gasteiger partial charge is 0.451 e. The average Bonchev–Trinajstić information content (AvgIpc) is 2.83. The third-order valence-corrected chi connectivity index (χ3v) is 2.99. The Morgan fingerprint density at radius 1 is 1.30 bits per heavy atom. The van der Waals surface area contributed by atoms with Gasteiger partial charge in [-0.3, -0.25) is 4.79 Å². The van der Waals surface area contributed by atoms with Crippen molar-refractivity contribution >= 4 is 5.91 Å². The molecule has 5 nitrogen and oxygen atoms in total. The van der Waals surface area contributed by atoms with Gasteiger partial charge in [0.15, 0.2) is 0 Å². The molecule has 0 atom stereocenters. The normalized spacial score (nSPS) is 14.8. The molecule has 2 N–H and O–H groups in total. The standard InChI is InChI=1S/C12H9F3N4O/c13-12(14,15)11-17-4-2-8(19-11)9-5-6-7(18-9)1-3-16-10(6)20/h2,4-5,18H,1,3H2,(H,16,20). The number of carbonyl (C=O) groups is 1. The van der Waals surface area contributed by atoms with Crippen molar-refractivity contribution in [2.75, 3.05) is 6.54 Å². The van der Waals surface area contributed by atoms with E-state index in [1.54, 1.807) is 0 Å². The van der Waals surface area contributed by atoms with Crippen LogP contribution in [0.2, 0.25) is 0 Å². The molecule has 1 aliphatic rings. The van der Waals surface area contributed by atoms with Crippen LogP contribution in [0, 0.1) is 0 Å². The Labute approximate surface area is 111 Å². The second-order valence-corrected chi connectivity index (χ2v) is 4.34. The van der Waals surface area contributed by atoms with E-state index >= 15 is 0 Å². The summed E-state index contributed by atoms with van der Waals surface area (Å²) in [5.74, 6) is -1.44. The molecule has 3 heterocycles. The van der Waals surface area contributed by atoms with Crippen molar-refractivity contribution in [1.29, 1.82) is 0 Å². The second kappa shape index (κ2) is 4.32. The molecule has 1 aliphatic heterocycles. The van der Waals surface area contributed by atoms with Gasteiger partial charge in [0.05, 0.1) is 17.0 Å². The van der Waals surface area contributed by atoms with Crippen molar-refractivity contribution in [3.05, 3.63) is 35.4 Å². The van der Waals surface area contributed by atoms with Crippen molar-refractivity contribution in [3.8, 4) is 11.4 Å². The Balaban J connectivity index is 2.04. The molecule has 0 aliphatic carbocycles. The zero-order valence-electron chi connectivity index (χ0n) is 10.1. The molecule has 0 saturated heterocycles. The summed E-state index contributed by atoms with van der Waals surface area (Å²) in [6.45, 7) is 0.503. The third-order valence-electron chi connectivity index (χ3n) is 2.99. The van der Waals surface area contributed by atoms with Gasteiger partial charge in [-0.25, -0.2) is 9.97 Å². The van der Waals surface area contributed by atoms with Gasteiger partial charge in [-0.05, 0) is 12.1 Å². The van der Waals surface area contributed by atoms with Crippen LogP contribution in [0.5, 0.6) is 0 Å². The number of nitrogens with zero attached hydrogens (tertiary/aromatic N) is 2. The minimum absolute atomic E-state index is 0.106. The lowest BCUT2D eigenvalue weighted by Gasteiger charge is -2.10. The Morgan fingerprint density at radius 2 is 2.10 bits per heavy atom. The maximum atomic E-state index is 12.6. The lowest BCUT2D eigenvalue weighted by molar-refractivity contribution is -0.144. The van der Waals surface area contributed by atoms with Crippen molar-refractivity contribution in [3.63, 3.8) is 0 Å². The topological polar surface area (TPSA) is 70.7 Å². The van der Waals surface area contributed by atoms with Crippen LogP contribution in [-0.4, -0.2) is 27.4 Å². The van der Waals surface area contributed by atoms with E-state index in [9.17, 15) is 18.0 Å². The fourth-order valence-corrected chi connectivity index (χ4v) is 2.08. The van der Waals surface area contributed by atoms with Gasteiger partial charge in [0, 0.05) is 24.9 Å². The van der Waals surface area contributed by atoms with Gasteiger partial charge >= 0.3 is 6.18 Å². The van der Waals surface area contributed by atoms with Gasteiger partial charge < -0.3 is 10.3 Å². The predicted octanol–water partition coefficient (Wildman–Crippen LogP) is 1.78. The Morgan fingerprint density at radius 3 is 2.80 bits per heavy atom. The molecule has 104 valence electrons. The summed E-state index contributed by atoms with van der Waals surface area (Å²) in [6, 6.07) is 2.87. The Hall–Kier alpha value is -2.38. The summed E-state index contributed by atoms with van der Waals surface area (Å²) < 4.78 is 37.7. The lowest BCUT2D eigenvalue weighted by Crippen LogP contribution is -2.31. The maximum Gasteiger partial charge on any atom is 0.451 e. The highest BCUT2D eigenvalue weighted by Gasteiger charge is 2.35. The highest BCUT2D eigenvalue weighted by molar-refractivity contribution is 5.97. The molecular weight excluding hydrogens is 273 g/mol. The first-order valence-electron chi connectivity index (χ1n) is 5.86. The highest BCUT2D eigenvalue weighted by atomic mass is 19.4. The van der Waals surface area contributed by atoms with Crippen LogP contribution in [0.3, 0.4) is 0 Å². The molecule has 0 saturated carbocycles. The zero-order chi connectivity index (χ0) is 14.3. The first-order valence-corrected chi connectivity index (χ1v) is 5.86. The third kappa shape index (κ3) is 2.13. The molecule has 0 fully saturated rings. The van der Waals surface area contributed by atoms with Crippen LogP contribution in [0.25, 0.3) is 11.4 Å². The number of hydrogen-bond acceptors (Lipinski definition) is 3. The number of amides is 1. The fraction of sp³-hybridized carbons (Fsp3) is 0.250. The summed E-state index contributed by atoms with van der Waals surface area (Å²) in [4.78, 5) is 21.2. The van der Waals surface area contributed by atoms with E-state index in [4.69, 9.17) is 0 Å². The van der Waals surface area contributed by atoms with Crippen LogP contribution in [0.4, 0.5) is 13.2 Å². The molecule has 0 aromatic carbocycles. The second-order valence-electron chi connectivity index (χ2n) is 4.34. The maximum absolute atomic E-state index is 12.6. The molecular formula is C12H9F3N4O. The van der Waals surface area contributed by atoms with Gasteiger partial charge in [-0.15, -0.1) is 0 Å². The summed E-state index contributed by atoms with van der Waals surface area (Å²) in [5, 5.41) is 2.67. The van der Waals surface area contributed by atoms with E-state index in [-0.39, 0.29) is 11.6 Å². The average molecular weight is 282 g/mol. The number of aromatic amines is 1. The summed E-state index contributed by atoms with van der Waals surface area (Å²) in [7, 11) is 0. The van der Waals surface area contributed by atoms with E-state index in [0.29, 0.717) is 29.9 Å². The minimum Gasteiger partial charge on any atom is -0.356 e. The number of aromatic nitrogens is 3. The van der Waals surface area contributed by atoms with Gasteiger partial charge in [0.2, 0.25) is 5.82 Å². The monoisotopic (exact) mass is 282 g/mol. The molecule has 2 aromatic rings. The molecule has 0 radical (unpaired) electrons. The summed E-state index contributed by atoms with van der Waals surface area (Å²) in [5.41, 5.74) is 1.63. The number of halogens is 3. The van der Waals surface area contributed by atoms with Crippen LogP contribution in [0.15, 0.2) is 18.3 Å². The van der Waals surface area contributed by atoms with Crippen molar-refractivity contribution in [2.24, 2.45) is 0 Å². The molecule has 3 rings (SSSR count). The molecule has 20 heavy (non-hydrogen) atoms. The predicted molar refractivity (Wildman–Crippen MR) is 62.9 cm³/mol. The smallest absolute Gasteiger partial charge is 0.356 e. The van der Waals surface area contributed by atoms with Gasteiger partial charge in [-0.2, -0.15) is 13.2 Å². The Kier molecular flexibility index (Phi) is 2.73. The quantitative estimate of drug-likeness (QED) is 0.837. The van der Waals surface area contributed by atoms with Crippen LogP contribution in [-0.2, 0) is 12.6 Å². The molecule has 0 bridgehead atoms. The van der Waals surface area contributed by atoms with E-state index in [0.717, 1.165) is 6.20 Å². The number of fused-ring (bicyclic) bond motifs is 1. The first-order chi connectivity index (χ1) is 9.45. The number of nitrogens with one attached hydrogen (secondary N) is 2. The van der Waals surface area contributed by atoms with Gasteiger partial charge in [-0.1, -0.05) is 0 Å². The summed E-state index contributed by atoms with van der Waals surface area (Å²) >= 11 is 0. The highest BCUT2D eigenvalue weighted by Crippen LogP contribution is 2.28. The van der Waals surface area contributed by atoms with Gasteiger partial charge in [0.1, 0.15) is 0 Å². The number of alkyl halides is 3. The zero-order valence-corrected chi connectivity index (χ0v) is 10.1. The summed E-state index contributed by atoms with van der Waals surface area (Å²) in [6.07, 6.45) is -2.94. The number of carbonyl (C=O) groups excluding carboxylic acids is 1. The SMILES string of the molecule is O=C1NCCc2[nH]c(-c3ccnc(C(F)(F)F)n3)cc21. The Bertz CT molecular complexity index is 678. The molecule has 8 heteroatoms. The molecule has 0 spiro atoms. The molecule has 1 amide bonds.